The number of nitro benzene ring substituents is 1. The van der Waals surface area contributed by atoms with Crippen molar-refractivity contribution < 1.29 is 13.3 Å². The molecular weight excluding hydrogens is 330 g/mol. The van der Waals surface area contributed by atoms with Gasteiger partial charge in [0.2, 0.25) is 0 Å². The molecule has 2 N–H and O–H groups in total. The SMILES string of the molecule is CC1(C)CC(Nc2cccc(S(C)(=O)=O)c2[N+](=O)[O-])CC(C)(C)N1. The molecule has 1 aromatic rings. The molecule has 1 heterocycles. The standard InChI is InChI=1S/C16H25N3O4S/c1-15(2)9-11(10-16(3,4)18-15)17-12-7-6-8-13(24(5,22)23)14(12)19(20)21/h6-8,11,17-18H,9-10H2,1-5H3. The van der Waals surface area contributed by atoms with Crippen molar-refractivity contribution in [3.63, 3.8) is 0 Å². The van der Waals surface area contributed by atoms with Gasteiger partial charge in [-0.25, -0.2) is 8.42 Å². The summed E-state index contributed by atoms with van der Waals surface area (Å²) in [6, 6.07) is 4.37. The minimum absolute atomic E-state index is 0.00441. The van der Waals surface area contributed by atoms with Crippen LogP contribution >= 0.6 is 0 Å². The molecule has 0 unspecified atom stereocenters. The lowest BCUT2D eigenvalue weighted by molar-refractivity contribution is -0.386. The van der Waals surface area contributed by atoms with Crippen molar-refractivity contribution in [1.82, 2.24) is 5.32 Å². The molecule has 0 atom stereocenters. The highest BCUT2D eigenvalue weighted by molar-refractivity contribution is 7.90. The Morgan fingerprint density at radius 3 is 2.21 bits per heavy atom. The highest BCUT2D eigenvalue weighted by atomic mass is 32.2. The number of hydrogen-bond donors (Lipinski definition) is 2. The van der Waals surface area contributed by atoms with Gasteiger partial charge >= 0.3 is 5.69 Å². The van der Waals surface area contributed by atoms with E-state index < -0.39 is 14.8 Å². The number of para-hydroxylation sites is 1. The van der Waals surface area contributed by atoms with E-state index >= 15 is 0 Å². The molecular formula is C16H25N3O4S. The van der Waals surface area contributed by atoms with Gasteiger partial charge in [0, 0.05) is 23.4 Å². The second kappa shape index (κ2) is 6.00. The van der Waals surface area contributed by atoms with Crippen molar-refractivity contribution in [3.05, 3.63) is 28.3 Å². The average molecular weight is 355 g/mol. The van der Waals surface area contributed by atoms with E-state index in [4.69, 9.17) is 0 Å². The molecule has 0 saturated carbocycles. The van der Waals surface area contributed by atoms with Gasteiger partial charge in [0.1, 0.15) is 10.6 Å². The molecule has 0 aliphatic carbocycles. The van der Waals surface area contributed by atoms with Gasteiger partial charge in [-0.05, 0) is 52.7 Å². The first-order valence-electron chi connectivity index (χ1n) is 7.84. The van der Waals surface area contributed by atoms with E-state index in [2.05, 4.69) is 38.3 Å². The van der Waals surface area contributed by atoms with Crippen LogP contribution in [0.1, 0.15) is 40.5 Å². The van der Waals surface area contributed by atoms with Crippen LogP contribution in [0.25, 0.3) is 0 Å². The predicted molar refractivity (Wildman–Crippen MR) is 94.1 cm³/mol. The van der Waals surface area contributed by atoms with Gasteiger partial charge in [-0.2, -0.15) is 0 Å². The van der Waals surface area contributed by atoms with Gasteiger partial charge in [-0.1, -0.05) is 6.07 Å². The van der Waals surface area contributed by atoms with Crippen molar-refractivity contribution in [2.75, 3.05) is 11.6 Å². The second-order valence-electron chi connectivity index (χ2n) is 7.82. The maximum Gasteiger partial charge on any atom is 0.310 e. The van der Waals surface area contributed by atoms with E-state index in [1.54, 1.807) is 6.07 Å². The topological polar surface area (TPSA) is 101 Å². The van der Waals surface area contributed by atoms with Crippen LogP contribution in [0.4, 0.5) is 11.4 Å². The lowest BCUT2D eigenvalue weighted by atomic mass is 9.79. The van der Waals surface area contributed by atoms with Gasteiger partial charge in [-0.3, -0.25) is 10.1 Å². The number of benzene rings is 1. The van der Waals surface area contributed by atoms with Crippen LogP contribution in [0.3, 0.4) is 0 Å². The van der Waals surface area contributed by atoms with Crippen molar-refractivity contribution in [2.45, 2.75) is 62.6 Å². The molecule has 7 nitrogen and oxygen atoms in total. The van der Waals surface area contributed by atoms with Crippen LogP contribution in [-0.4, -0.2) is 36.7 Å². The molecule has 1 aromatic carbocycles. The highest BCUT2D eigenvalue weighted by Crippen LogP contribution is 2.36. The molecule has 2 rings (SSSR count). The second-order valence-corrected chi connectivity index (χ2v) is 9.81. The molecule has 0 aromatic heterocycles. The summed E-state index contributed by atoms with van der Waals surface area (Å²) >= 11 is 0. The minimum atomic E-state index is -3.68. The molecule has 1 aliphatic rings. The number of anilines is 1. The zero-order chi connectivity index (χ0) is 18.3. The molecule has 0 amide bonds. The summed E-state index contributed by atoms with van der Waals surface area (Å²) in [7, 11) is -3.68. The van der Waals surface area contributed by atoms with E-state index in [0.29, 0.717) is 0 Å². The fraction of sp³-hybridized carbons (Fsp3) is 0.625. The monoisotopic (exact) mass is 355 g/mol. The van der Waals surface area contributed by atoms with Gasteiger partial charge < -0.3 is 10.6 Å². The zero-order valence-electron chi connectivity index (χ0n) is 14.7. The molecule has 1 saturated heterocycles. The number of hydrogen-bond acceptors (Lipinski definition) is 6. The van der Waals surface area contributed by atoms with Crippen molar-refractivity contribution >= 4 is 21.2 Å². The zero-order valence-corrected chi connectivity index (χ0v) is 15.5. The Bertz CT molecular complexity index is 741. The van der Waals surface area contributed by atoms with Crippen molar-refractivity contribution in [2.24, 2.45) is 0 Å². The molecule has 1 fully saturated rings. The van der Waals surface area contributed by atoms with Crippen LogP contribution in [0.15, 0.2) is 23.1 Å². The summed E-state index contributed by atoms with van der Waals surface area (Å²) in [5.41, 5.74) is -0.374. The Kier molecular flexibility index (Phi) is 4.67. The first-order valence-corrected chi connectivity index (χ1v) is 9.73. The molecule has 8 heteroatoms. The maximum atomic E-state index is 11.9. The summed E-state index contributed by atoms with van der Waals surface area (Å²) in [5.74, 6) is 0. The number of nitro groups is 1. The largest absolute Gasteiger partial charge is 0.377 e. The van der Waals surface area contributed by atoms with Crippen LogP contribution in [-0.2, 0) is 9.84 Å². The van der Waals surface area contributed by atoms with E-state index in [1.165, 1.54) is 12.1 Å². The quantitative estimate of drug-likeness (QED) is 0.636. The molecule has 134 valence electrons. The van der Waals surface area contributed by atoms with Crippen LogP contribution < -0.4 is 10.6 Å². The fourth-order valence-corrected chi connectivity index (χ4v) is 4.63. The Hall–Kier alpha value is -1.67. The number of nitrogens with zero attached hydrogens (tertiary/aromatic N) is 1. The molecule has 0 radical (unpaired) electrons. The lowest BCUT2D eigenvalue weighted by Gasteiger charge is -2.46. The highest BCUT2D eigenvalue weighted by Gasteiger charge is 2.38. The molecule has 0 spiro atoms. The normalized spacial score (nSPS) is 20.5. The van der Waals surface area contributed by atoms with E-state index in [-0.39, 0.29) is 33.4 Å². The van der Waals surface area contributed by atoms with Gasteiger partial charge in [-0.15, -0.1) is 0 Å². The number of sulfone groups is 1. The van der Waals surface area contributed by atoms with E-state index in [1.807, 2.05) is 0 Å². The average Bonchev–Trinajstić information content (AvgIpc) is 2.32. The van der Waals surface area contributed by atoms with Crippen molar-refractivity contribution in [3.8, 4) is 0 Å². The minimum Gasteiger partial charge on any atom is -0.377 e. The first-order chi connectivity index (χ1) is 10.8. The Morgan fingerprint density at radius 2 is 1.75 bits per heavy atom. The predicted octanol–water partition coefficient (Wildman–Crippen LogP) is 2.72. The number of nitrogens with one attached hydrogen (secondary N) is 2. The third kappa shape index (κ3) is 4.24. The van der Waals surface area contributed by atoms with Gasteiger partial charge in [0.15, 0.2) is 9.84 Å². The van der Waals surface area contributed by atoms with Crippen LogP contribution in [0.2, 0.25) is 0 Å². The molecule has 24 heavy (non-hydrogen) atoms. The van der Waals surface area contributed by atoms with Gasteiger partial charge in [0.25, 0.3) is 0 Å². The van der Waals surface area contributed by atoms with Crippen LogP contribution in [0.5, 0.6) is 0 Å². The number of piperidine rings is 1. The van der Waals surface area contributed by atoms with Crippen molar-refractivity contribution in [1.29, 1.82) is 0 Å². The molecule has 1 aliphatic heterocycles. The summed E-state index contributed by atoms with van der Waals surface area (Å²) in [5, 5.41) is 18.2. The Labute approximate surface area is 142 Å². The van der Waals surface area contributed by atoms with E-state index in [9.17, 15) is 18.5 Å². The van der Waals surface area contributed by atoms with Crippen LogP contribution in [0, 0.1) is 10.1 Å². The smallest absolute Gasteiger partial charge is 0.310 e. The number of rotatable bonds is 4. The Balaban J connectivity index is 2.42. The third-order valence-electron chi connectivity index (χ3n) is 4.13. The van der Waals surface area contributed by atoms with Gasteiger partial charge in [0.05, 0.1) is 4.92 Å². The lowest BCUT2D eigenvalue weighted by Crippen LogP contribution is -2.60. The summed E-state index contributed by atoms with van der Waals surface area (Å²) in [6.45, 7) is 8.35. The first kappa shape index (κ1) is 18.7. The summed E-state index contributed by atoms with van der Waals surface area (Å²) in [6.07, 6.45) is 2.53. The summed E-state index contributed by atoms with van der Waals surface area (Å²) in [4.78, 5) is 10.6. The van der Waals surface area contributed by atoms with E-state index in [0.717, 1.165) is 19.1 Å². The molecule has 0 bridgehead atoms. The Morgan fingerprint density at radius 1 is 1.21 bits per heavy atom. The summed E-state index contributed by atoms with van der Waals surface area (Å²) < 4.78 is 23.7. The third-order valence-corrected chi connectivity index (χ3v) is 5.26. The fourth-order valence-electron chi connectivity index (χ4n) is 3.77. The maximum absolute atomic E-state index is 11.9.